The number of rotatable bonds is 4. The summed E-state index contributed by atoms with van der Waals surface area (Å²) in [6, 6.07) is 18.4. The van der Waals surface area contributed by atoms with E-state index in [1.807, 2.05) is 66.8 Å². The van der Waals surface area contributed by atoms with Crippen LogP contribution in [0.15, 0.2) is 53.6 Å². The lowest BCUT2D eigenvalue weighted by atomic mass is 10.0. The number of aryl methyl sites for hydroxylation is 1. The Kier molecular flexibility index (Phi) is 5.20. The fourth-order valence-corrected chi connectivity index (χ4v) is 4.59. The highest BCUT2D eigenvalue weighted by molar-refractivity contribution is 6.32. The fourth-order valence-electron chi connectivity index (χ4n) is 4.41. The molecule has 2 aromatic carbocycles. The zero-order valence-electron chi connectivity index (χ0n) is 18.6. The number of aromatic amines is 1. The Hall–Kier alpha value is -3.95. The Balaban J connectivity index is 1.65. The molecular weight excluding hydrogens is 432 g/mol. The summed E-state index contributed by atoms with van der Waals surface area (Å²) < 4.78 is 2.03. The van der Waals surface area contributed by atoms with Gasteiger partial charge in [-0.3, -0.25) is 4.98 Å². The van der Waals surface area contributed by atoms with Gasteiger partial charge in [-0.2, -0.15) is 15.1 Å². The van der Waals surface area contributed by atoms with Gasteiger partial charge < -0.3 is 0 Å². The molecule has 0 amide bonds. The number of benzene rings is 2. The van der Waals surface area contributed by atoms with Gasteiger partial charge in [-0.05, 0) is 49.6 Å². The monoisotopic (exact) mass is 453 g/mol. The molecule has 5 rings (SSSR count). The summed E-state index contributed by atoms with van der Waals surface area (Å²) in [6.07, 6.45) is 2.43. The van der Waals surface area contributed by atoms with Crippen molar-refractivity contribution >= 4 is 51.2 Å². The largest absolute Gasteiger partial charge is 0.269 e. The summed E-state index contributed by atoms with van der Waals surface area (Å²) in [5.41, 5.74) is 11.2. The first-order valence-electron chi connectivity index (χ1n) is 10.8. The number of pyridine rings is 2. The van der Waals surface area contributed by atoms with Crippen molar-refractivity contribution in [3.8, 4) is 6.07 Å². The van der Waals surface area contributed by atoms with Crippen molar-refractivity contribution in [2.75, 3.05) is 5.43 Å². The van der Waals surface area contributed by atoms with Gasteiger partial charge >= 0.3 is 0 Å². The van der Waals surface area contributed by atoms with E-state index in [9.17, 15) is 5.26 Å². The smallest absolute Gasteiger partial charge is 0.253 e. The van der Waals surface area contributed by atoms with Crippen LogP contribution in [0, 0.1) is 25.2 Å². The molecule has 162 valence electrons. The van der Waals surface area contributed by atoms with E-state index in [1.165, 1.54) is 0 Å². The van der Waals surface area contributed by atoms with Gasteiger partial charge in [-0.1, -0.05) is 48.9 Å². The standard InChI is InChI=1S/C26H21ClN6/c1-4-19-16(3)20(13-28)25-30-21-10-5-6-11-22(21)33(25)26(19)32-29-14-18-12-17-9-7-8-15(2)23(17)31-24(18)27/h5-12,14H,4H2,1-3H3,(H,30,32)/p+1. The predicted octanol–water partition coefficient (Wildman–Crippen LogP) is 5.61. The van der Waals surface area contributed by atoms with Crippen LogP contribution >= 0.6 is 11.6 Å². The highest BCUT2D eigenvalue weighted by Crippen LogP contribution is 2.26. The normalized spacial score (nSPS) is 11.6. The van der Waals surface area contributed by atoms with E-state index in [1.54, 1.807) is 6.21 Å². The summed E-state index contributed by atoms with van der Waals surface area (Å²) in [5, 5.41) is 15.8. The highest BCUT2D eigenvalue weighted by Gasteiger charge is 2.24. The quantitative estimate of drug-likeness (QED) is 0.161. The minimum atomic E-state index is 0.402. The molecule has 2 N–H and O–H groups in total. The van der Waals surface area contributed by atoms with Crippen LogP contribution in [-0.4, -0.2) is 16.2 Å². The van der Waals surface area contributed by atoms with E-state index in [0.29, 0.717) is 10.7 Å². The number of para-hydroxylation sites is 3. The SMILES string of the molecule is CCc1c(C)c(C#N)c2[nH]c3ccccc3[n+]2c1NN=Cc1cc2cccc(C)c2nc1Cl. The van der Waals surface area contributed by atoms with E-state index in [-0.39, 0.29) is 0 Å². The van der Waals surface area contributed by atoms with E-state index in [4.69, 9.17) is 11.6 Å². The summed E-state index contributed by atoms with van der Waals surface area (Å²) in [4.78, 5) is 7.94. The third-order valence-electron chi connectivity index (χ3n) is 6.06. The maximum Gasteiger partial charge on any atom is 0.253 e. The Labute approximate surface area is 196 Å². The first-order chi connectivity index (χ1) is 16.0. The van der Waals surface area contributed by atoms with Crippen molar-refractivity contribution in [1.82, 2.24) is 9.97 Å². The molecule has 3 aromatic heterocycles. The molecule has 0 saturated carbocycles. The number of anilines is 1. The van der Waals surface area contributed by atoms with Crippen molar-refractivity contribution in [2.24, 2.45) is 5.10 Å². The summed E-state index contributed by atoms with van der Waals surface area (Å²) >= 11 is 6.46. The van der Waals surface area contributed by atoms with Gasteiger partial charge in [0.25, 0.3) is 5.82 Å². The van der Waals surface area contributed by atoms with Crippen LogP contribution < -0.4 is 9.83 Å². The number of aromatic nitrogens is 3. The third-order valence-corrected chi connectivity index (χ3v) is 6.37. The fraction of sp³-hybridized carbons (Fsp3) is 0.154. The lowest BCUT2D eigenvalue weighted by molar-refractivity contribution is -0.465. The highest BCUT2D eigenvalue weighted by atomic mass is 35.5. The molecule has 33 heavy (non-hydrogen) atoms. The molecule has 0 aliphatic rings. The van der Waals surface area contributed by atoms with Gasteiger partial charge in [0.15, 0.2) is 0 Å². The molecule has 0 atom stereocenters. The van der Waals surface area contributed by atoms with Crippen LogP contribution in [0.1, 0.15) is 34.7 Å². The molecule has 7 heteroatoms. The second kappa shape index (κ2) is 8.19. The summed E-state index contributed by atoms with van der Waals surface area (Å²) in [7, 11) is 0. The summed E-state index contributed by atoms with van der Waals surface area (Å²) in [6.45, 7) is 6.07. The molecule has 5 aromatic rings. The second-order valence-corrected chi connectivity index (χ2v) is 8.36. The van der Waals surface area contributed by atoms with Gasteiger partial charge in [0.05, 0.1) is 11.7 Å². The molecule has 0 aliphatic carbocycles. The van der Waals surface area contributed by atoms with Crippen molar-refractivity contribution in [1.29, 1.82) is 5.26 Å². The van der Waals surface area contributed by atoms with E-state index in [0.717, 1.165) is 62.1 Å². The Morgan fingerprint density at radius 1 is 1.21 bits per heavy atom. The van der Waals surface area contributed by atoms with Crippen molar-refractivity contribution in [2.45, 2.75) is 27.2 Å². The van der Waals surface area contributed by atoms with Crippen LogP contribution in [-0.2, 0) is 6.42 Å². The lowest BCUT2D eigenvalue weighted by Gasteiger charge is -2.10. The van der Waals surface area contributed by atoms with Gasteiger partial charge in [0.1, 0.15) is 27.8 Å². The van der Waals surface area contributed by atoms with Crippen LogP contribution in [0.2, 0.25) is 5.15 Å². The average Bonchev–Trinajstić information content (AvgIpc) is 3.19. The van der Waals surface area contributed by atoms with E-state index >= 15 is 0 Å². The van der Waals surface area contributed by atoms with Crippen molar-refractivity contribution < 1.29 is 4.40 Å². The second-order valence-electron chi connectivity index (χ2n) is 8.00. The average molecular weight is 454 g/mol. The molecule has 0 fully saturated rings. The first-order valence-corrected chi connectivity index (χ1v) is 11.1. The number of hydrazone groups is 1. The maximum absolute atomic E-state index is 9.86. The zero-order valence-corrected chi connectivity index (χ0v) is 19.3. The number of fused-ring (bicyclic) bond motifs is 4. The first kappa shape index (κ1) is 20.9. The third kappa shape index (κ3) is 3.38. The van der Waals surface area contributed by atoms with Gasteiger partial charge in [0.2, 0.25) is 5.65 Å². The van der Waals surface area contributed by atoms with Crippen LogP contribution in [0.5, 0.6) is 0 Å². The molecule has 0 bridgehead atoms. The molecular formula is C26H22ClN6+. The molecule has 0 unspecified atom stereocenters. The minimum Gasteiger partial charge on any atom is -0.269 e. The number of nitriles is 1. The van der Waals surface area contributed by atoms with Crippen molar-refractivity contribution in [3.05, 3.63) is 81.5 Å². The van der Waals surface area contributed by atoms with Crippen LogP contribution in [0.4, 0.5) is 5.82 Å². The molecule has 0 saturated heterocycles. The lowest BCUT2D eigenvalue weighted by Crippen LogP contribution is -2.28. The van der Waals surface area contributed by atoms with Crippen LogP contribution in [0.3, 0.4) is 0 Å². The number of nitrogens with zero attached hydrogens (tertiary/aromatic N) is 4. The summed E-state index contributed by atoms with van der Waals surface area (Å²) in [5.74, 6) is 0.818. The molecule has 0 aliphatic heterocycles. The number of imidazole rings is 1. The predicted molar refractivity (Wildman–Crippen MR) is 133 cm³/mol. The van der Waals surface area contributed by atoms with E-state index in [2.05, 4.69) is 33.5 Å². The Morgan fingerprint density at radius 3 is 2.82 bits per heavy atom. The minimum absolute atomic E-state index is 0.402. The topological polar surface area (TPSA) is 81.0 Å². The number of nitrogens with one attached hydrogen (secondary N) is 2. The van der Waals surface area contributed by atoms with Crippen molar-refractivity contribution in [3.63, 3.8) is 0 Å². The number of halogens is 1. The molecule has 6 nitrogen and oxygen atoms in total. The number of H-pyrrole nitrogens is 1. The van der Waals surface area contributed by atoms with Gasteiger partial charge in [-0.25, -0.2) is 4.98 Å². The molecule has 3 heterocycles. The Morgan fingerprint density at radius 2 is 2.03 bits per heavy atom. The van der Waals surface area contributed by atoms with Crippen LogP contribution in [0.25, 0.3) is 27.6 Å². The molecule has 0 spiro atoms. The zero-order chi connectivity index (χ0) is 23.1. The molecule has 0 radical (unpaired) electrons. The Bertz CT molecular complexity index is 1620. The van der Waals surface area contributed by atoms with Gasteiger partial charge in [-0.15, -0.1) is 5.10 Å². The van der Waals surface area contributed by atoms with E-state index < -0.39 is 0 Å². The maximum atomic E-state index is 9.86. The number of hydrogen-bond acceptors (Lipinski definition) is 4. The number of hydrogen-bond donors (Lipinski definition) is 2. The van der Waals surface area contributed by atoms with Gasteiger partial charge in [0, 0.05) is 16.5 Å².